The molecule has 1 aliphatic rings. The van der Waals surface area contributed by atoms with Crippen molar-refractivity contribution in [1.29, 1.82) is 0 Å². The van der Waals surface area contributed by atoms with Gasteiger partial charge < -0.3 is 15.3 Å². The molecular weight excluding hydrogens is 212 g/mol. The molecule has 0 aromatic heterocycles. The van der Waals surface area contributed by atoms with Crippen molar-refractivity contribution < 1.29 is 5.11 Å². The number of hydrogen-bond acceptors (Lipinski definition) is 3. The summed E-state index contributed by atoms with van der Waals surface area (Å²) in [6, 6.07) is 9.26. The predicted octanol–water partition coefficient (Wildman–Crippen LogP) is 1.54. The van der Waals surface area contributed by atoms with Crippen molar-refractivity contribution in [2.45, 2.75) is 32.4 Å². The zero-order valence-corrected chi connectivity index (χ0v) is 10.7. The molecule has 1 aromatic carbocycles. The van der Waals surface area contributed by atoms with Gasteiger partial charge in [-0.3, -0.25) is 0 Å². The van der Waals surface area contributed by atoms with Gasteiger partial charge in [0.05, 0.1) is 12.6 Å². The Morgan fingerprint density at radius 3 is 2.71 bits per heavy atom. The SMILES string of the molecule is Cc1ccc(N2CCC(C)NCC2CO)cc1. The maximum Gasteiger partial charge on any atom is 0.0647 e. The summed E-state index contributed by atoms with van der Waals surface area (Å²) >= 11 is 0. The van der Waals surface area contributed by atoms with E-state index in [9.17, 15) is 5.11 Å². The minimum atomic E-state index is 0.183. The first-order valence-corrected chi connectivity index (χ1v) is 6.38. The first-order chi connectivity index (χ1) is 8.20. The van der Waals surface area contributed by atoms with Crippen molar-refractivity contribution >= 4 is 5.69 Å². The molecule has 0 radical (unpaired) electrons. The molecule has 2 N–H and O–H groups in total. The molecule has 0 amide bonds. The molecule has 2 rings (SSSR count). The summed E-state index contributed by atoms with van der Waals surface area (Å²) in [5, 5.41) is 13.0. The zero-order valence-electron chi connectivity index (χ0n) is 10.7. The quantitative estimate of drug-likeness (QED) is 0.815. The van der Waals surface area contributed by atoms with Gasteiger partial charge in [0.1, 0.15) is 0 Å². The highest BCUT2D eigenvalue weighted by Crippen LogP contribution is 2.20. The van der Waals surface area contributed by atoms with Gasteiger partial charge in [-0.2, -0.15) is 0 Å². The fourth-order valence-corrected chi connectivity index (χ4v) is 2.30. The average Bonchev–Trinajstić information content (AvgIpc) is 2.52. The molecule has 0 bridgehead atoms. The molecule has 1 aromatic rings. The molecule has 1 heterocycles. The van der Waals surface area contributed by atoms with E-state index in [1.165, 1.54) is 11.3 Å². The lowest BCUT2D eigenvalue weighted by Gasteiger charge is -2.30. The lowest BCUT2D eigenvalue weighted by atomic mass is 10.1. The Morgan fingerprint density at radius 1 is 1.35 bits per heavy atom. The lowest BCUT2D eigenvalue weighted by molar-refractivity contribution is 0.259. The summed E-state index contributed by atoms with van der Waals surface area (Å²) in [7, 11) is 0. The van der Waals surface area contributed by atoms with Crippen LogP contribution in [0.25, 0.3) is 0 Å². The Kier molecular flexibility index (Phi) is 4.02. The topological polar surface area (TPSA) is 35.5 Å². The molecule has 1 saturated heterocycles. The van der Waals surface area contributed by atoms with Gasteiger partial charge in [0.15, 0.2) is 0 Å². The first-order valence-electron chi connectivity index (χ1n) is 6.38. The number of aliphatic hydroxyl groups is 1. The Morgan fingerprint density at radius 2 is 2.06 bits per heavy atom. The Hall–Kier alpha value is -1.06. The number of nitrogens with zero attached hydrogens (tertiary/aromatic N) is 1. The third-order valence-corrected chi connectivity index (χ3v) is 3.52. The zero-order chi connectivity index (χ0) is 12.3. The highest BCUT2D eigenvalue weighted by atomic mass is 16.3. The van der Waals surface area contributed by atoms with Crippen LogP contribution in [0.3, 0.4) is 0 Å². The third-order valence-electron chi connectivity index (χ3n) is 3.52. The molecule has 0 spiro atoms. The fraction of sp³-hybridized carbons (Fsp3) is 0.571. The minimum Gasteiger partial charge on any atom is -0.394 e. The molecule has 2 atom stereocenters. The van der Waals surface area contributed by atoms with Crippen LogP contribution in [0.4, 0.5) is 5.69 Å². The molecule has 0 aliphatic carbocycles. The number of rotatable bonds is 2. The predicted molar refractivity (Wildman–Crippen MR) is 71.5 cm³/mol. The molecule has 0 saturated carbocycles. The largest absolute Gasteiger partial charge is 0.394 e. The molecular formula is C14H22N2O. The van der Waals surface area contributed by atoms with Crippen molar-refractivity contribution in [1.82, 2.24) is 5.32 Å². The standard InChI is InChI=1S/C14H22N2O/c1-11-3-5-13(6-4-11)16-8-7-12(2)15-9-14(16)10-17/h3-6,12,14-15,17H,7-10H2,1-2H3. The van der Waals surface area contributed by atoms with E-state index in [1.54, 1.807) is 0 Å². The van der Waals surface area contributed by atoms with Crippen molar-refractivity contribution in [3.63, 3.8) is 0 Å². The second-order valence-corrected chi connectivity index (χ2v) is 4.96. The molecule has 1 aliphatic heterocycles. The first kappa shape index (κ1) is 12.4. The number of benzene rings is 1. The van der Waals surface area contributed by atoms with E-state index >= 15 is 0 Å². The normalized spacial score (nSPS) is 25.7. The van der Waals surface area contributed by atoms with Gasteiger partial charge in [0.25, 0.3) is 0 Å². The lowest BCUT2D eigenvalue weighted by Crippen LogP contribution is -2.42. The van der Waals surface area contributed by atoms with Crippen LogP contribution < -0.4 is 10.2 Å². The second-order valence-electron chi connectivity index (χ2n) is 4.96. The van der Waals surface area contributed by atoms with Gasteiger partial charge in [-0.1, -0.05) is 17.7 Å². The summed E-state index contributed by atoms with van der Waals surface area (Å²) in [5.74, 6) is 0. The van der Waals surface area contributed by atoms with Crippen molar-refractivity contribution in [3.05, 3.63) is 29.8 Å². The number of anilines is 1. The Balaban J connectivity index is 2.18. The van der Waals surface area contributed by atoms with E-state index in [0.717, 1.165) is 19.5 Å². The second kappa shape index (κ2) is 5.52. The molecule has 2 unspecified atom stereocenters. The van der Waals surface area contributed by atoms with E-state index in [-0.39, 0.29) is 12.6 Å². The van der Waals surface area contributed by atoms with Crippen LogP contribution in [0.2, 0.25) is 0 Å². The van der Waals surface area contributed by atoms with E-state index in [0.29, 0.717) is 6.04 Å². The maximum absolute atomic E-state index is 9.51. The Bertz CT molecular complexity index is 350. The van der Waals surface area contributed by atoms with Crippen LogP contribution >= 0.6 is 0 Å². The Labute approximate surface area is 103 Å². The smallest absolute Gasteiger partial charge is 0.0647 e. The van der Waals surface area contributed by atoms with E-state index < -0.39 is 0 Å². The summed E-state index contributed by atoms with van der Waals surface area (Å²) in [6.45, 7) is 6.36. The summed E-state index contributed by atoms with van der Waals surface area (Å²) < 4.78 is 0. The number of nitrogens with one attached hydrogen (secondary N) is 1. The molecule has 3 nitrogen and oxygen atoms in total. The monoisotopic (exact) mass is 234 g/mol. The van der Waals surface area contributed by atoms with Crippen molar-refractivity contribution in [2.24, 2.45) is 0 Å². The summed E-state index contributed by atoms with van der Waals surface area (Å²) in [6.07, 6.45) is 1.12. The van der Waals surface area contributed by atoms with Gasteiger partial charge >= 0.3 is 0 Å². The number of aliphatic hydroxyl groups excluding tert-OH is 1. The van der Waals surface area contributed by atoms with Crippen LogP contribution in [-0.2, 0) is 0 Å². The van der Waals surface area contributed by atoms with Crippen molar-refractivity contribution in [2.75, 3.05) is 24.6 Å². The molecule has 17 heavy (non-hydrogen) atoms. The minimum absolute atomic E-state index is 0.183. The number of aryl methyl sites for hydroxylation is 1. The van der Waals surface area contributed by atoms with Crippen LogP contribution in [0, 0.1) is 6.92 Å². The van der Waals surface area contributed by atoms with E-state index in [4.69, 9.17) is 0 Å². The summed E-state index contributed by atoms with van der Waals surface area (Å²) in [5.41, 5.74) is 2.49. The average molecular weight is 234 g/mol. The van der Waals surface area contributed by atoms with Crippen LogP contribution in [0.15, 0.2) is 24.3 Å². The molecule has 1 fully saturated rings. The van der Waals surface area contributed by atoms with Gasteiger partial charge in [0, 0.05) is 24.8 Å². The van der Waals surface area contributed by atoms with Gasteiger partial charge in [0.2, 0.25) is 0 Å². The third kappa shape index (κ3) is 2.99. The van der Waals surface area contributed by atoms with Crippen LogP contribution in [0.5, 0.6) is 0 Å². The summed E-state index contributed by atoms with van der Waals surface area (Å²) in [4.78, 5) is 2.32. The van der Waals surface area contributed by atoms with Gasteiger partial charge in [-0.05, 0) is 32.4 Å². The van der Waals surface area contributed by atoms with Gasteiger partial charge in [-0.15, -0.1) is 0 Å². The van der Waals surface area contributed by atoms with Gasteiger partial charge in [-0.25, -0.2) is 0 Å². The van der Waals surface area contributed by atoms with Crippen LogP contribution in [0.1, 0.15) is 18.9 Å². The highest BCUT2D eigenvalue weighted by molar-refractivity contribution is 5.48. The van der Waals surface area contributed by atoms with Crippen molar-refractivity contribution in [3.8, 4) is 0 Å². The fourth-order valence-electron chi connectivity index (χ4n) is 2.30. The highest BCUT2D eigenvalue weighted by Gasteiger charge is 2.22. The van der Waals surface area contributed by atoms with Crippen LogP contribution in [-0.4, -0.2) is 36.9 Å². The number of hydrogen-bond donors (Lipinski definition) is 2. The molecule has 94 valence electrons. The molecule has 3 heteroatoms. The van der Waals surface area contributed by atoms with E-state index in [2.05, 4.69) is 48.3 Å². The maximum atomic E-state index is 9.51. The van der Waals surface area contributed by atoms with E-state index in [1.807, 2.05) is 0 Å².